The highest BCUT2D eigenvalue weighted by atomic mass is 32.1. The van der Waals surface area contributed by atoms with Crippen molar-refractivity contribution < 1.29 is 13.9 Å². The minimum Gasteiger partial charge on any atom is -0.467 e. The number of hydrogen-bond acceptors (Lipinski definition) is 7. The van der Waals surface area contributed by atoms with Crippen LogP contribution in [0.4, 0.5) is 10.6 Å². The van der Waals surface area contributed by atoms with Crippen molar-refractivity contribution in [2.24, 2.45) is 0 Å². The number of aromatic nitrogens is 2. The van der Waals surface area contributed by atoms with E-state index in [1.807, 2.05) is 46.8 Å². The van der Waals surface area contributed by atoms with Crippen LogP contribution in [0.1, 0.15) is 49.7 Å². The van der Waals surface area contributed by atoms with Gasteiger partial charge < -0.3 is 19.8 Å². The molecule has 0 saturated heterocycles. The molecule has 156 valence electrons. The van der Waals surface area contributed by atoms with Crippen LogP contribution >= 0.6 is 11.3 Å². The fourth-order valence-electron chi connectivity index (χ4n) is 2.98. The average molecular weight is 417 g/mol. The highest BCUT2D eigenvalue weighted by molar-refractivity contribution is 7.19. The van der Waals surface area contributed by atoms with Gasteiger partial charge >= 0.3 is 6.09 Å². The quantitative estimate of drug-likeness (QED) is 0.590. The molecule has 2 N–H and O–H groups in total. The highest BCUT2D eigenvalue weighted by Gasteiger charge is 2.20. The zero-order valence-electron chi connectivity index (χ0n) is 17.8. The largest absolute Gasteiger partial charge is 0.467 e. The van der Waals surface area contributed by atoms with Gasteiger partial charge in [-0.15, -0.1) is 11.3 Å². The van der Waals surface area contributed by atoms with Crippen LogP contribution in [0.25, 0.3) is 10.2 Å². The summed E-state index contributed by atoms with van der Waals surface area (Å²) in [5, 5.41) is 6.27. The zero-order valence-corrected chi connectivity index (χ0v) is 18.6. The number of hydrogen-bond donors (Lipinski definition) is 2. The average Bonchev–Trinajstić information content (AvgIpc) is 3.21. The van der Waals surface area contributed by atoms with Crippen LogP contribution in [0.5, 0.6) is 0 Å². The van der Waals surface area contributed by atoms with Gasteiger partial charge in [-0.2, -0.15) is 0 Å². The first-order valence-electron chi connectivity index (χ1n) is 9.65. The summed E-state index contributed by atoms with van der Waals surface area (Å²) in [6.07, 6.45) is 1.95. The molecule has 0 unspecified atom stereocenters. The van der Waals surface area contributed by atoms with Crippen LogP contribution < -0.4 is 10.6 Å². The molecule has 0 aliphatic rings. The fourth-order valence-corrected chi connectivity index (χ4v) is 4.32. The molecule has 1 atom stereocenters. The fraction of sp³-hybridized carbons (Fsp3) is 0.476. The molecule has 29 heavy (non-hydrogen) atoms. The smallest absolute Gasteiger partial charge is 0.407 e. The number of nitrogens with zero attached hydrogens (tertiary/aromatic N) is 2. The second-order valence-electron chi connectivity index (χ2n) is 8.13. The van der Waals surface area contributed by atoms with Crippen molar-refractivity contribution in [3.05, 3.63) is 40.4 Å². The summed E-state index contributed by atoms with van der Waals surface area (Å²) in [4.78, 5) is 22.4. The van der Waals surface area contributed by atoms with Gasteiger partial charge in [-0.1, -0.05) is 0 Å². The van der Waals surface area contributed by atoms with Crippen molar-refractivity contribution in [2.75, 3.05) is 5.32 Å². The molecule has 0 bridgehead atoms. The molecule has 3 heterocycles. The third kappa shape index (κ3) is 5.47. The number of furan rings is 1. The van der Waals surface area contributed by atoms with Gasteiger partial charge in [0.1, 0.15) is 23.0 Å². The monoisotopic (exact) mass is 416 g/mol. The molecule has 0 aliphatic heterocycles. The van der Waals surface area contributed by atoms with Crippen molar-refractivity contribution in [1.29, 1.82) is 0 Å². The normalized spacial score (nSPS) is 12.8. The number of amides is 1. The standard InChI is InChI=1S/C21H28N4O3S/c1-12(23-20(26)28-21(4,5)6)10-16-13(2)17-18(29-16)19(25-14(3)24-17)22-11-15-8-7-9-27-15/h7-9,12H,10-11H2,1-6H3,(H,23,26)(H,22,24,25)/t12-/m0/s1. The Morgan fingerprint density at radius 1 is 1.31 bits per heavy atom. The molecule has 8 heteroatoms. The van der Waals surface area contributed by atoms with Crippen LogP contribution in [0, 0.1) is 13.8 Å². The van der Waals surface area contributed by atoms with Gasteiger partial charge in [0.05, 0.1) is 23.0 Å². The molecule has 7 nitrogen and oxygen atoms in total. The Bertz CT molecular complexity index is 990. The second kappa shape index (κ2) is 8.41. The Kier molecular flexibility index (Phi) is 6.12. The lowest BCUT2D eigenvalue weighted by Gasteiger charge is -2.21. The SMILES string of the molecule is Cc1nc(NCc2ccco2)c2sc(C[C@H](C)NC(=O)OC(C)(C)C)c(C)c2n1. The van der Waals surface area contributed by atoms with E-state index in [1.165, 1.54) is 4.88 Å². The van der Waals surface area contributed by atoms with Crippen LogP contribution in [0.15, 0.2) is 22.8 Å². The summed E-state index contributed by atoms with van der Waals surface area (Å²) < 4.78 is 11.8. The van der Waals surface area contributed by atoms with E-state index in [-0.39, 0.29) is 6.04 Å². The van der Waals surface area contributed by atoms with Gasteiger partial charge in [-0.3, -0.25) is 0 Å². The van der Waals surface area contributed by atoms with Crippen molar-refractivity contribution in [1.82, 2.24) is 15.3 Å². The van der Waals surface area contributed by atoms with E-state index in [0.29, 0.717) is 18.8 Å². The van der Waals surface area contributed by atoms with Gasteiger partial charge in [0.15, 0.2) is 0 Å². The van der Waals surface area contributed by atoms with E-state index in [1.54, 1.807) is 17.6 Å². The number of fused-ring (bicyclic) bond motifs is 1. The van der Waals surface area contributed by atoms with Crippen LogP contribution in [-0.2, 0) is 17.7 Å². The maximum absolute atomic E-state index is 12.0. The third-order valence-corrected chi connectivity index (χ3v) is 5.55. The van der Waals surface area contributed by atoms with Crippen molar-refractivity contribution >= 4 is 33.5 Å². The summed E-state index contributed by atoms with van der Waals surface area (Å²) in [6, 6.07) is 3.72. The summed E-state index contributed by atoms with van der Waals surface area (Å²) >= 11 is 1.65. The van der Waals surface area contributed by atoms with Gasteiger partial charge in [0.2, 0.25) is 0 Å². The lowest BCUT2D eigenvalue weighted by atomic mass is 10.1. The Morgan fingerprint density at radius 3 is 2.72 bits per heavy atom. The molecule has 0 aromatic carbocycles. The number of aryl methyl sites for hydroxylation is 2. The predicted molar refractivity (Wildman–Crippen MR) is 115 cm³/mol. The highest BCUT2D eigenvalue weighted by Crippen LogP contribution is 2.34. The van der Waals surface area contributed by atoms with Gasteiger partial charge in [0, 0.05) is 17.3 Å². The Morgan fingerprint density at radius 2 is 2.07 bits per heavy atom. The minimum atomic E-state index is -0.515. The Balaban J connectivity index is 1.77. The number of anilines is 1. The second-order valence-corrected chi connectivity index (χ2v) is 9.24. The molecule has 0 aliphatic carbocycles. The topological polar surface area (TPSA) is 89.3 Å². The van der Waals surface area contributed by atoms with Crippen LogP contribution in [0.3, 0.4) is 0 Å². The van der Waals surface area contributed by atoms with E-state index >= 15 is 0 Å². The number of thiophene rings is 1. The van der Waals surface area contributed by atoms with E-state index in [4.69, 9.17) is 9.15 Å². The first-order valence-corrected chi connectivity index (χ1v) is 10.5. The lowest BCUT2D eigenvalue weighted by Crippen LogP contribution is -2.38. The molecule has 1 amide bonds. The molecule has 3 aromatic rings. The number of carbonyl (C=O) groups excluding carboxylic acids is 1. The number of alkyl carbamates (subject to hydrolysis) is 1. The van der Waals surface area contributed by atoms with E-state index < -0.39 is 11.7 Å². The zero-order chi connectivity index (χ0) is 21.2. The molecular weight excluding hydrogens is 388 g/mol. The van der Waals surface area contributed by atoms with Crippen LogP contribution in [-0.4, -0.2) is 27.7 Å². The van der Waals surface area contributed by atoms with Crippen molar-refractivity contribution in [2.45, 2.75) is 66.2 Å². The van der Waals surface area contributed by atoms with Gasteiger partial charge in [-0.25, -0.2) is 14.8 Å². The summed E-state index contributed by atoms with van der Waals surface area (Å²) in [5.41, 5.74) is 1.55. The van der Waals surface area contributed by atoms with Gasteiger partial charge in [0.25, 0.3) is 0 Å². The first-order chi connectivity index (χ1) is 13.6. The molecule has 0 saturated carbocycles. The third-order valence-electron chi connectivity index (χ3n) is 4.24. The molecule has 0 fully saturated rings. The molecule has 3 aromatic heterocycles. The minimum absolute atomic E-state index is 0.0646. The maximum atomic E-state index is 12.0. The Hall–Kier alpha value is -2.61. The van der Waals surface area contributed by atoms with E-state index in [9.17, 15) is 4.79 Å². The van der Waals surface area contributed by atoms with Crippen molar-refractivity contribution in [3.8, 4) is 0 Å². The maximum Gasteiger partial charge on any atom is 0.407 e. The lowest BCUT2D eigenvalue weighted by molar-refractivity contribution is 0.0508. The number of carbonyl (C=O) groups is 1. The molecule has 0 radical (unpaired) electrons. The summed E-state index contributed by atoms with van der Waals surface area (Å²) in [7, 11) is 0. The van der Waals surface area contributed by atoms with E-state index in [0.717, 1.165) is 27.4 Å². The Labute approximate surface area is 174 Å². The molecule has 0 spiro atoms. The predicted octanol–water partition coefficient (Wildman–Crippen LogP) is 4.97. The van der Waals surface area contributed by atoms with Gasteiger partial charge in [-0.05, 0) is 59.2 Å². The first kappa shape index (κ1) is 21.1. The number of nitrogens with one attached hydrogen (secondary N) is 2. The molecular formula is C21H28N4O3S. The van der Waals surface area contributed by atoms with Crippen molar-refractivity contribution in [3.63, 3.8) is 0 Å². The molecule has 3 rings (SSSR count). The van der Waals surface area contributed by atoms with E-state index in [2.05, 4.69) is 27.5 Å². The summed E-state index contributed by atoms with van der Waals surface area (Å²) in [6.45, 7) is 12.0. The number of rotatable bonds is 6. The number of ether oxygens (including phenoxy) is 1. The summed E-state index contributed by atoms with van der Waals surface area (Å²) in [5.74, 6) is 2.36. The van der Waals surface area contributed by atoms with Crippen LogP contribution in [0.2, 0.25) is 0 Å².